The summed E-state index contributed by atoms with van der Waals surface area (Å²) in [6, 6.07) is 10.3. The molecule has 5 heteroatoms. The summed E-state index contributed by atoms with van der Waals surface area (Å²) in [6.45, 7) is 3.70. The topological polar surface area (TPSA) is 66.2 Å². The third-order valence-corrected chi connectivity index (χ3v) is 3.34. The van der Waals surface area contributed by atoms with Gasteiger partial charge in [0.2, 0.25) is 0 Å². The van der Waals surface area contributed by atoms with Crippen LogP contribution >= 0.6 is 24.0 Å². The van der Waals surface area contributed by atoms with Gasteiger partial charge in [-0.2, -0.15) is 0 Å². The van der Waals surface area contributed by atoms with Gasteiger partial charge in [-0.1, -0.05) is 44.4 Å². The minimum Gasteiger partial charge on any atom is -0.370 e. The van der Waals surface area contributed by atoms with Crippen molar-refractivity contribution in [2.75, 3.05) is 6.54 Å². The highest BCUT2D eigenvalue weighted by Gasteiger charge is 1.99. The second-order valence-corrected chi connectivity index (χ2v) is 5.07. The van der Waals surface area contributed by atoms with E-state index in [2.05, 4.69) is 40.4 Å². The Morgan fingerprint density at radius 1 is 1.24 bits per heavy atom. The van der Waals surface area contributed by atoms with Gasteiger partial charge in [-0.05, 0) is 23.9 Å². The molecule has 0 amide bonds. The van der Waals surface area contributed by atoms with Gasteiger partial charge in [0.05, 0.1) is 6.54 Å². The summed E-state index contributed by atoms with van der Waals surface area (Å²) in [5.41, 5.74) is 8.08. The Morgan fingerprint density at radius 2 is 2.05 bits per heavy atom. The fourth-order valence-electron chi connectivity index (χ4n) is 2.21. The fraction of sp³-hybridized carbons (Fsp3) is 0.438. The number of fused-ring (bicyclic) bond motifs is 1. The van der Waals surface area contributed by atoms with Crippen LogP contribution in [0.4, 0.5) is 0 Å². The number of aromatic amines is 1. The van der Waals surface area contributed by atoms with E-state index in [0.29, 0.717) is 12.5 Å². The Hall–Kier alpha value is -1.24. The van der Waals surface area contributed by atoms with Crippen LogP contribution < -0.4 is 11.1 Å². The van der Waals surface area contributed by atoms with E-state index in [1.165, 1.54) is 24.6 Å². The molecule has 0 bridgehead atoms. The summed E-state index contributed by atoms with van der Waals surface area (Å²) < 4.78 is 0. The molecule has 4 nitrogen and oxygen atoms in total. The van der Waals surface area contributed by atoms with Gasteiger partial charge >= 0.3 is 0 Å². The normalized spacial score (nSPS) is 11.4. The molecule has 1 aromatic carbocycles. The molecule has 0 saturated carbocycles. The van der Waals surface area contributed by atoms with Crippen molar-refractivity contribution in [2.45, 2.75) is 39.2 Å². The Bertz CT molecular complexity index is 529. The number of nitrogens with zero attached hydrogens (tertiary/aromatic N) is 1. The number of H-pyrrole nitrogens is 1. The van der Waals surface area contributed by atoms with Crippen molar-refractivity contribution in [3.63, 3.8) is 0 Å². The van der Waals surface area contributed by atoms with E-state index in [4.69, 9.17) is 5.73 Å². The van der Waals surface area contributed by atoms with Crippen LogP contribution in [0.25, 0.3) is 10.9 Å². The largest absolute Gasteiger partial charge is 0.370 e. The molecule has 0 fully saturated rings. The van der Waals surface area contributed by atoms with Crippen molar-refractivity contribution in [1.82, 2.24) is 10.3 Å². The first kappa shape index (κ1) is 17.8. The van der Waals surface area contributed by atoms with Gasteiger partial charge in [0.1, 0.15) is 0 Å². The summed E-state index contributed by atoms with van der Waals surface area (Å²) in [5, 5.41) is 4.37. The molecule has 21 heavy (non-hydrogen) atoms. The number of hydrogen-bond acceptors (Lipinski definition) is 1. The number of nitrogens with two attached hydrogens (primary N) is 1. The van der Waals surface area contributed by atoms with Crippen LogP contribution in [0, 0.1) is 0 Å². The summed E-state index contributed by atoms with van der Waals surface area (Å²) >= 11 is 0. The molecule has 0 aliphatic carbocycles. The van der Waals surface area contributed by atoms with Gasteiger partial charge in [-0.25, -0.2) is 4.99 Å². The van der Waals surface area contributed by atoms with Crippen LogP contribution in [0.2, 0.25) is 0 Å². The lowest BCUT2D eigenvalue weighted by Gasteiger charge is -2.04. The number of halogens is 1. The third kappa shape index (κ3) is 5.95. The third-order valence-electron chi connectivity index (χ3n) is 3.34. The highest BCUT2D eigenvalue weighted by atomic mass is 127. The number of nitrogens with one attached hydrogen (secondary N) is 2. The van der Waals surface area contributed by atoms with Crippen LogP contribution in [0.15, 0.2) is 35.3 Å². The number of aromatic nitrogens is 1. The van der Waals surface area contributed by atoms with Gasteiger partial charge in [-0.3, -0.25) is 0 Å². The molecule has 0 aliphatic rings. The first-order chi connectivity index (χ1) is 9.79. The lowest BCUT2D eigenvalue weighted by atomic mass is 10.2. The molecule has 2 aromatic rings. The molecule has 0 radical (unpaired) electrons. The number of rotatable bonds is 7. The average Bonchev–Trinajstić information content (AvgIpc) is 2.88. The maximum atomic E-state index is 5.86. The van der Waals surface area contributed by atoms with Crippen molar-refractivity contribution >= 4 is 40.8 Å². The molecular weight excluding hydrogens is 375 g/mol. The number of para-hydroxylation sites is 1. The molecule has 1 heterocycles. The van der Waals surface area contributed by atoms with Crippen molar-refractivity contribution in [3.05, 3.63) is 36.0 Å². The molecule has 1 aromatic heterocycles. The Kier molecular flexibility index (Phi) is 8.19. The van der Waals surface area contributed by atoms with E-state index < -0.39 is 0 Å². The number of guanidine groups is 1. The van der Waals surface area contributed by atoms with Gasteiger partial charge in [0, 0.05) is 17.8 Å². The zero-order valence-corrected chi connectivity index (χ0v) is 14.9. The van der Waals surface area contributed by atoms with E-state index in [-0.39, 0.29) is 24.0 Å². The number of benzene rings is 1. The van der Waals surface area contributed by atoms with E-state index >= 15 is 0 Å². The smallest absolute Gasteiger partial charge is 0.188 e. The number of unbranched alkanes of at least 4 members (excludes halogenated alkanes) is 3. The van der Waals surface area contributed by atoms with Crippen LogP contribution in [0.5, 0.6) is 0 Å². The predicted octanol–water partition coefficient (Wildman–Crippen LogP) is 3.77. The monoisotopic (exact) mass is 400 g/mol. The molecule has 0 atom stereocenters. The molecule has 0 saturated heterocycles. The second-order valence-electron chi connectivity index (χ2n) is 5.07. The summed E-state index contributed by atoms with van der Waals surface area (Å²) in [7, 11) is 0. The highest BCUT2D eigenvalue weighted by molar-refractivity contribution is 14.0. The minimum absolute atomic E-state index is 0. The van der Waals surface area contributed by atoms with Gasteiger partial charge in [0.25, 0.3) is 0 Å². The zero-order chi connectivity index (χ0) is 14.2. The summed E-state index contributed by atoms with van der Waals surface area (Å²) in [4.78, 5) is 7.70. The van der Waals surface area contributed by atoms with Crippen LogP contribution in [0.3, 0.4) is 0 Å². The summed E-state index contributed by atoms with van der Waals surface area (Å²) in [5.74, 6) is 0.528. The van der Waals surface area contributed by atoms with Crippen molar-refractivity contribution in [3.8, 4) is 0 Å². The first-order valence-corrected chi connectivity index (χ1v) is 7.40. The zero-order valence-electron chi connectivity index (χ0n) is 12.6. The Labute approximate surface area is 143 Å². The standard InChI is InChI=1S/C16H24N4.HI/c1-2-3-4-7-10-18-16(17)19-12-14-11-13-8-5-6-9-15(13)20-14;/h5-6,8-9,11,20H,2-4,7,10,12H2,1H3,(H3,17,18,19);1H. The minimum atomic E-state index is 0. The SMILES string of the molecule is CCCCCCNC(N)=NCc1cc2ccccc2[nH]1.I. The quantitative estimate of drug-likeness (QED) is 0.287. The van der Waals surface area contributed by atoms with Crippen molar-refractivity contribution in [1.29, 1.82) is 0 Å². The molecule has 2 rings (SSSR count). The molecule has 116 valence electrons. The van der Waals surface area contributed by atoms with E-state index in [0.717, 1.165) is 24.2 Å². The average molecular weight is 400 g/mol. The van der Waals surface area contributed by atoms with Crippen LogP contribution in [-0.2, 0) is 6.54 Å². The lowest BCUT2D eigenvalue weighted by Crippen LogP contribution is -2.32. The maximum absolute atomic E-state index is 5.86. The van der Waals surface area contributed by atoms with Crippen molar-refractivity contribution in [2.24, 2.45) is 10.7 Å². The number of hydrogen-bond donors (Lipinski definition) is 3. The fourth-order valence-corrected chi connectivity index (χ4v) is 2.21. The van der Waals surface area contributed by atoms with Crippen LogP contribution in [0.1, 0.15) is 38.3 Å². The molecule has 0 aliphatic heterocycles. The molecule has 4 N–H and O–H groups in total. The number of aliphatic imine (C=N–C) groups is 1. The molecular formula is C16H25IN4. The van der Waals surface area contributed by atoms with E-state index in [9.17, 15) is 0 Å². The van der Waals surface area contributed by atoms with Gasteiger partial charge in [0.15, 0.2) is 5.96 Å². The van der Waals surface area contributed by atoms with Gasteiger partial charge < -0.3 is 16.0 Å². The van der Waals surface area contributed by atoms with Crippen LogP contribution in [-0.4, -0.2) is 17.5 Å². The molecule has 0 spiro atoms. The predicted molar refractivity (Wildman–Crippen MR) is 101 cm³/mol. The highest BCUT2D eigenvalue weighted by Crippen LogP contribution is 2.14. The molecule has 0 unspecified atom stereocenters. The first-order valence-electron chi connectivity index (χ1n) is 7.40. The van der Waals surface area contributed by atoms with E-state index in [1.807, 2.05) is 12.1 Å². The maximum Gasteiger partial charge on any atom is 0.188 e. The van der Waals surface area contributed by atoms with Gasteiger partial charge in [-0.15, -0.1) is 24.0 Å². The Morgan fingerprint density at radius 3 is 2.81 bits per heavy atom. The Balaban J connectivity index is 0.00000220. The van der Waals surface area contributed by atoms with E-state index in [1.54, 1.807) is 0 Å². The summed E-state index contributed by atoms with van der Waals surface area (Å²) in [6.07, 6.45) is 4.94. The second kappa shape index (κ2) is 9.65. The van der Waals surface area contributed by atoms with Crippen molar-refractivity contribution < 1.29 is 0 Å². The lowest BCUT2D eigenvalue weighted by molar-refractivity contribution is 0.652.